The Bertz CT molecular complexity index is 880. The zero-order valence-electron chi connectivity index (χ0n) is 12.2. The summed E-state index contributed by atoms with van der Waals surface area (Å²) < 4.78 is 5.98. The van der Waals surface area contributed by atoms with Gasteiger partial charge >= 0.3 is 5.97 Å². The summed E-state index contributed by atoms with van der Waals surface area (Å²) in [4.78, 5) is 24.5. The number of esters is 1. The molecular weight excluding hydrogens is 280 g/mol. The molecule has 0 N–H and O–H groups in total. The number of methoxy groups -OCH3 is 1. The standard InChI is InChI=1S/C17H14N2O3/c1-11-6-5-7-12(10-11)16(20)19-14-9-4-3-8-13(14)15(18-19)17(21)22-2/h3-10H,1-2H3. The summed E-state index contributed by atoms with van der Waals surface area (Å²) >= 11 is 0. The van der Waals surface area contributed by atoms with Gasteiger partial charge in [0.2, 0.25) is 0 Å². The van der Waals surface area contributed by atoms with E-state index in [1.54, 1.807) is 36.4 Å². The molecule has 2 aromatic carbocycles. The summed E-state index contributed by atoms with van der Waals surface area (Å²) in [5.74, 6) is -0.845. The van der Waals surface area contributed by atoms with Crippen LogP contribution in [-0.4, -0.2) is 28.8 Å². The van der Waals surface area contributed by atoms with Gasteiger partial charge in [0, 0.05) is 10.9 Å². The van der Waals surface area contributed by atoms with E-state index in [1.807, 2.05) is 19.1 Å². The van der Waals surface area contributed by atoms with E-state index >= 15 is 0 Å². The Labute approximate surface area is 127 Å². The van der Waals surface area contributed by atoms with E-state index in [2.05, 4.69) is 5.10 Å². The minimum absolute atomic E-state index is 0.138. The summed E-state index contributed by atoms with van der Waals surface area (Å²) in [6.45, 7) is 1.91. The van der Waals surface area contributed by atoms with Gasteiger partial charge in [-0.2, -0.15) is 9.78 Å². The maximum Gasteiger partial charge on any atom is 0.359 e. The number of aryl methyl sites for hydroxylation is 1. The molecule has 0 saturated heterocycles. The van der Waals surface area contributed by atoms with E-state index in [0.717, 1.165) is 5.56 Å². The number of carbonyl (C=O) groups excluding carboxylic acids is 2. The van der Waals surface area contributed by atoms with E-state index in [4.69, 9.17) is 4.74 Å². The summed E-state index contributed by atoms with van der Waals surface area (Å²) in [6.07, 6.45) is 0. The predicted molar refractivity (Wildman–Crippen MR) is 82.0 cm³/mol. The second-order valence-electron chi connectivity index (χ2n) is 4.94. The van der Waals surface area contributed by atoms with Gasteiger partial charge < -0.3 is 4.74 Å². The van der Waals surface area contributed by atoms with Crippen LogP contribution in [0, 0.1) is 6.92 Å². The Morgan fingerprint density at radius 3 is 2.59 bits per heavy atom. The summed E-state index contributed by atoms with van der Waals surface area (Å²) in [6, 6.07) is 14.3. The van der Waals surface area contributed by atoms with Gasteiger partial charge in [0.1, 0.15) is 0 Å². The van der Waals surface area contributed by atoms with Gasteiger partial charge in [0.25, 0.3) is 5.91 Å². The average Bonchev–Trinajstić information content (AvgIpc) is 2.93. The van der Waals surface area contributed by atoms with Crippen molar-refractivity contribution < 1.29 is 14.3 Å². The third kappa shape index (κ3) is 2.26. The molecule has 3 aromatic rings. The van der Waals surface area contributed by atoms with Crippen LogP contribution < -0.4 is 0 Å². The molecule has 110 valence electrons. The van der Waals surface area contributed by atoms with Crippen LogP contribution in [0.3, 0.4) is 0 Å². The van der Waals surface area contributed by atoms with Crippen LogP contribution in [0.25, 0.3) is 10.9 Å². The van der Waals surface area contributed by atoms with Gasteiger partial charge in [0.05, 0.1) is 12.6 Å². The van der Waals surface area contributed by atoms with Gasteiger partial charge in [-0.1, -0.05) is 35.9 Å². The van der Waals surface area contributed by atoms with Gasteiger partial charge in [-0.05, 0) is 25.1 Å². The molecule has 0 fully saturated rings. The topological polar surface area (TPSA) is 61.2 Å². The first-order chi connectivity index (χ1) is 10.6. The Morgan fingerprint density at radius 1 is 1.09 bits per heavy atom. The number of hydrogen-bond donors (Lipinski definition) is 0. The van der Waals surface area contributed by atoms with Crippen LogP contribution in [0.5, 0.6) is 0 Å². The van der Waals surface area contributed by atoms with E-state index in [-0.39, 0.29) is 11.6 Å². The predicted octanol–water partition coefficient (Wildman–Crippen LogP) is 2.82. The monoisotopic (exact) mass is 294 g/mol. The highest BCUT2D eigenvalue weighted by molar-refractivity contribution is 6.07. The lowest BCUT2D eigenvalue weighted by Crippen LogP contribution is -2.14. The molecule has 22 heavy (non-hydrogen) atoms. The number of ether oxygens (including phenoxy) is 1. The fraction of sp³-hybridized carbons (Fsp3) is 0.118. The van der Waals surface area contributed by atoms with E-state index in [1.165, 1.54) is 11.8 Å². The van der Waals surface area contributed by atoms with Crippen molar-refractivity contribution in [2.24, 2.45) is 0 Å². The van der Waals surface area contributed by atoms with Crippen molar-refractivity contribution in [1.29, 1.82) is 0 Å². The molecule has 1 aromatic heterocycles. The van der Waals surface area contributed by atoms with Crippen LogP contribution in [-0.2, 0) is 4.74 Å². The van der Waals surface area contributed by atoms with Crippen molar-refractivity contribution >= 4 is 22.8 Å². The van der Waals surface area contributed by atoms with Crippen LogP contribution in [0.2, 0.25) is 0 Å². The maximum absolute atomic E-state index is 12.7. The van der Waals surface area contributed by atoms with Crippen LogP contribution in [0.15, 0.2) is 48.5 Å². The van der Waals surface area contributed by atoms with E-state index < -0.39 is 5.97 Å². The molecule has 0 unspecified atom stereocenters. The molecule has 0 bridgehead atoms. The molecule has 0 aliphatic heterocycles. The molecule has 0 radical (unpaired) electrons. The number of fused-ring (bicyclic) bond motifs is 1. The van der Waals surface area contributed by atoms with Crippen LogP contribution in [0.4, 0.5) is 0 Å². The molecular formula is C17H14N2O3. The second kappa shape index (κ2) is 5.44. The molecule has 0 spiro atoms. The van der Waals surface area contributed by atoms with Gasteiger partial charge in [-0.15, -0.1) is 0 Å². The summed E-state index contributed by atoms with van der Waals surface area (Å²) in [5, 5.41) is 4.75. The number of benzene rings is 2. The van der Waals surface area contributed by atoms with Crippen LogP contribution in [0.1, 0.15) is 26.4 Å². The molecule has 0 aliphatic rings. The molecule has 0 atom stereocenters. The molecule has 3 rings (SSSR count). The van der Waals surface area contributed by atoms with Crippen molar-refractivity contribution in [3.63, 3.8) is 0 Å². The van der Waals surface area contributed by atoms with Crippen molar-refractivity contribution in [3.05, 3.63) is 65.4 Å². The van der Waals surface area contributed by atoms with Gasteiger partial charge in [-0.25, -0.2) is 4.79 Å². The SMILES string of the molecule is COC(=O)c1nn(C(=O)c2cccc(C)c2)c2ccccc12. The quantitative estimate of drug-likeness (QED) is 0.682. The summed E-state index contributed by atoms with van der Waals surface area (Å²) in [5.41, 5.74) is 2.22. The number of rotatable bonds is 2. The summed E-state index contributed by atoms with van der Waals surface area (Å²) in [7, 11) is 1.29. The molecule has 0 aliphatic carbocycles. The van der Waals surface area contributed by atoms with E-state index in [0.29, 0.717) is 16.5 Å². The first-order valence-corrected chi connectivity index (χ1v) is 6.79. The van der Waals surface area contributed by atoms with Gasteiger partial charge in [-0.3, -0.25) is 4.79 Å². The molecule has 1 heterocycles. The largest absolute Gasteiger partial charge is 0.464 e. The highest BCUT2D eigenvalue weighted by atomic mass is 16.5. The third-order valence-electron chi connectivity index (χ3n) is 3.42. The van der Waals surface area contributed by atoms with Crippen molar-refractivity contribution in [2.45, 2.75) is 6.92 Å². The van der Waals surface area contributed by atoms with E-state index in [9.17, 15) is 9.59 Å². The lowest BCUT2D eigenvalue weighted by atomic mass is 10.1. The number of para-hydroxylation sites is 1. The highest BCUT2D eigenvalue weighted by Gasteiger charge is 2.21. The van der Waals surface area contributed by atoms with Gasteiger partial charge in [0.15, 0.2) is 5.69 Å². The average molecular weight is 294 g/mol. The number of aromatic nitrogens is 2. The fourth-order valence-corrected chi connectivity index (χ4v) is 2.37. The minimum atomic E-state index is -0.563. The highest BCUT2D eigenvalue weighted by Crippen LogP contribution is 2.20. The minimum Gasteiger partial charge on any atom is -0.464 e. The Hall–Kier alpha value is -2.95. The Kier molecular flexibility index (Phi) is 3.47. The molecule has 5 heteroatoms. The molecule has 0 saturated carbocycles. The Balaban J connectivity index is 2.19. The number of nitrogens with zero attached hydrogens (tertiary/aromatic N) is 2. The van der Waals surface area contributed by atoms with Crippen molar-refractivity contribution in [1.82, 2.24) is 9.78 Å². The lowest BCUT2D eigenvalue weighted by Gasteiger charge is -2.03. The normalized spacial score (nSPS) is 10.6. The zero-order valence-corrected chi connectivity index (χ0v) is 12.2. The molecule has 5 nitrogen and oxygen atoms in total. The Morgan fingerprint density at radius 2 is 1.86 bits per heavy atom. The van der Waals surface area contributed by atoms with Crippen molar-refractivity contribution in [2.75, 3.05) is 7.11 Å². The molecule has 0 amide bonds. The third-order valence-corrected chi connectivity index (χ3v) is 3.42. The zero-order chi connectivity index (χ0) is 15.7. The fourth-order valence-electron chi connectivity index (χ4n) is 2.37. The lowest BCUT2D eigenvalue weighted by molar-refractivity contribution is 0.0595. The number of carbonyl (C=O) groups is 2. The maximum atomic E-state index is 12.7. The second-order valence-corrected chi connectivity index (χ2v) is 4.94. The first kappa shape index (κ1) is 14.0. The van der Waals surface area contributed by atoms with Crippen molar-refractivity contribution in [3.8, 4) is 0 Å². The first-order valence-electron chi connectivity index (χ1n) is 6.79. The smallest absolute Gasteiger partial charge is 0.359 e. The number of hydrogen-bond acceptors (Lipinski definition) is 4. The van der Waals surface area contributed by atoms with Crippen LogP contribution >= 0.6 is 0 Å².